The van der Waals surface area contributed by atoms with Crippen LogP contribution in [0.1, 0.15) is 26.7 Å². The van der Waals surface area contributed by atoms with Crippen LogP contribution < -0.4 is 5.32 Å². The first-order chi connectivity index (χ1) is 3.85. The molecule has 1 radical (unpaired) electrons. The Balaban J connectivity index is 3.07. The van der Waals surface area contributed by atoms with Crippen LogP contribution in [-0.4, -0.2) is 13.6 Å². The molecule has 0 aromatic rings. The molecular formula is C7H16N. The van der Waals surface area contributed by atoms with Gasteiger partial charge in [0.05, 0.1) is 0 Å². The van der Waals surface area contributed by atoms with E-state index >= 15 is 0 Å². The van der Waals surface area contributed by atoms with Crippen molar-refractivity contribution >= 4 is 0 Å². The van der Waals surface area contributed by atoms with Crippen molar-refractivity contribution in [2.45, 2.75) is 26.7 Å². The maximum Gasteiger partial charge on any atom is 0.0158 e. The molecule has 0 amide bonds. The van der Waals surface area contributed by atoms with Crippen molar-refractivity contribution < 1.29 is 0 Å². The summed E-state index contributed by atoms with van der Waals surface area (Å²) in [4.78, 5) is 0. The summed E-state index contributed by atoms with van der Waals surface area (Å²) < 4.78 is 0. The van der Waals surface area contributed by atoms with Crippen LogP contribution in [0.3, 0.4) is 0 Å². The normalized spacial score (nSPS) is 10.5. The fourth-order valence-corrected chi connectivity index (χ4v) is 0.805. The minimum absolute atomic E-state index is 0.833. The van der Waals surface area contributed by atoms with Crippen LogP contribution in [0, 0.1) is 5.92 Å². The van der Waals surface area contributed by atoms with Crippen LogP contribution >= 0.6 is 0 Å². The van der Waals surface area contributed by atoms with Crippen LogP contribution in [0.5, 0.6) is 0 Å². The zero-order valence-electron chi connectivity index (χ0n) is 6.15. The molecule has 0 saturated carbocycles. The van der Waals surface area contributed by atoms with Gasteiger partial charge in [0.1, 0.15) is 0 Å². The molecule has 0 heterocycles. The summed E-state index contributed by atoms with van der Waals surface area (Å²) in [5.41, 5.74) is 0. The van der Waals surface area contributed by atoms with E-state index in [-0.39, 0.29) is 0 Å². The van der Waals surface area contributed by atoms with Gasteiger partial charge in [0.25, 0.3) is 0 Å². The summed E-state index contributed by atoms with van der Waals surface area (Å²) in [6.07, 6.45) is 2.54. The first-order valence-corrected chi connectivity index (χ1v) is 3.40. The van der Waals surface area contributed by atoms with E-state index in [0.29, 0.717) is 0 Å². The van der Waals surface area contributed by atoms with Gasteiger partial charge in [-0.15, -0.1) is 0 Å². The van der Waals surface area contributed by atoms with E-state index in [2.05, 4.69) is 19.2 Å². The summed E-state index contributed by atoms with van der Waals surface area (Å²) in [6.45, 7) is 5.49. The van der Waals surface area contributed by atoms with E-state index in [1.165, 1.54) is 12.8 Å². The molecule has 49 valence electrons. The van der Waals surface area contributed by atoms with Crippen molar-refractivity contribution in [2.24, 2.45) is 5.92 Å². The van der Waals surface area contributed by atoms with Crippen molar-refractivity contribution in [3.8, 4) is 0 Å². The second kappa shape index (κ2) is 5.10. The lowest BCUT2D eigenvalue weighted by Crippen LogP contribution is -2.11. The predicted octanol–water partition coefficient (Wildman–Crippen LogP) is 1.66. The lowest BCUT2D eigenvalue weighted by molar-refractivity contribution is 0.465. The third kappa shape index (κ3) is 3.03. The van der Waals surface area contributed by atoms with Crippen molar-refractivity contribution in [1.82, 2.24) is 5.32 Å². The lowest BCUT2D eigenvalue weighted by atomic mass is 10.0. The molecule has 0 N–H and O–H groups in total. The minimum atomic E-state index is 0.833. The van der Waals surface area contributed by atoms with Gasteiger partial charge in [-0.2, -0.15) is 0 Å². The maximum absolute atomic E-state index is 4.08. The third-order valence-electron chi connectivity index (χ3n) is 1.60. The number of hydrogen-bond acceptors (Lipinski definition) is 0. The van der Waals surface area contributed by atoms with E-state index in [1.807, 2.05) is 7.05 Å². The monoisotopic (exact) mass is 114 g/mol. The summed E-state index contributed by atoms with van der Waals surface area (Å²) in [6, 6.07) is 0. The summed E-state index contributed by atoms with van der Waals surface area (Å²) in [5, 5.41) is 4.08. The minimum Gasteiger partial charge on any atom is -0.245 e. The molecule has 0 unspecified atom stereocenters. The molecular weight excluding hydrogens is 98.1 g/mol. The molecule has 0 spiro atoms. The van der Waals surface area contributed by atoms with Crippen molar-refractivity contribution in [2.75, 3.05) is 13.6 Å². The van der Waals surface area contributed by atoms with Crippen LogP contribution in [0.2, 0.25) is 0 Å². The van der Waals surface area contributed by atoms with Gasteiger partial charge in [-0.3, -0.25) is 0 Å². The van der Waals surface area contributed by atoms with E-state index in [1.54, 1.807) is 0 Å². The van der Waals surface area contributed by atoms with Gasteiger partial charge in [0.15, 0.2) is 0 Å². The van der Waals surface area contributed by atoms with Crippen LogP contribution in [0.4, 0.5) is 0 Å². The Bertz CT molecular complexity index is 39.7. The average Bonchev–Trinajstić information content (AvgIpc) is 1.83. The van der Waals surface area contributed by atoms with Crippen molar-refractivity contribution in [3.05, 3.63) is 0 Å². The fraction of sp³-hybridized carbons (Fsp3) is 1.00. The van der Waals surface area contributed by atoms with Crippen LogP contribution in [0.15, 0.2) is 0 Å². The highest BCUT2D eigenvalue weighted by atomic mass is 14.8. The smallest absolute Gasteiger partial charge is 0.0158 e. The van der Waals surface area contributed by atoms with E-state index in [0.717, 1.165) is 12.5 Å². The molecule has 0 rings (SSSR count). The molecule has 0 aromatic heterocycles. The first-order valence-electron chi connectivity index (χ1n) is 3.40. The van der Waals surface area contributed by atoms with Gasteiger partial charge in [0.2, 0.25) is 0 Å². The zero-order chi connectivity index (χ0) is 6.41. The van der Waals surface area contributed by atoms with Gasteiger partial charge in [-0.1, -0.05) is 26.7 Å². The molecule has 0 aromatic carbocycles. The molecule has 0 aliphatic rings. The molecule has 0 saturated heterocycles. The molecule has 1 heteroatoms. The summed E-state index contributed by atoms with van der Waals surface area (Å²) >= 11 is 0. The van der Waals surface area contributed by atoms with E-state index in [4.69, 9.17) is 0 Å². The predicted molar refractivity (Wildman–Crippen MR) is 37.0 cm³/mol. The summed E-state index contributed by atoms with van der Waals surface area (Å²) in [5.74, 6) is 0.833. The van der Waals surface area contributed by atoms with E-state index in [9.17, 15) is 0 Å². The molecule has 0 aliphatic carbocycles. The highest BCUT2D eigenvalue weighted by molar-refractivity contribution is 4.54. The first kappa shape index (κ1) is 7.96. The van der Waals surface area contributed by atoms with E-state index < -0.39 is 0 Å². The van der Waals surface area contributed by atoms with Crippen LogP contribution in [0.25, 0.3) is 0 Å². The molecule has 1 nitrogen and oxygen atoms in total. The number of hydrogen-bond donors (Lipinski definition) is 0. The van der Waals surface area contributed by atoms with Crippen molar-refractivity contribution in [1.29, 1.82) is 0 Å². The summed E-state index contributed by atoms with van der Waals surface area (Å²) in [7, 11) is 1.89. The highest BCUT2D eigenvalue weighted by Gasteiger charge is 1.99. The molecule has 0 atom stereocenters. The quantitative estimate of drug-likeness (QED) is 0.527. The molecule has 0 aliphatic heterocycles. The van der Waals surface area contributed by atoms with Crippen molar-refractivity contribution in [3.63, 3.8) is 0 Å². The Morgan fingerprint density at radius 1 is 1.25 bits per heavy atom. The Hall–Kier alpha value is -0.0400. The van der Waals surface area contributed by atoms with Gasteiger partial charge < -0.3 is 0 Å². The van der Waals surface area contributed by atoms with Gasteiger partial charge in [-0.05, 0) is 5.92 Å². The second-order valence-electron chi connectivity index (χ2n) is 2.18. The number of rotatable bonds is 4. The molecule has 0 fully saturated rings. The van der Waals surface area contributed by atoms with Gasteiger partial charge in [0, 0.05) is 13.6 Å². The Morgan fingerprint density at radius 2 is 1.75 bits per heavy atom. The van der Waals surface area contributed by atoms with Crippen LogP contribution in [-0.2, 0) is 0 Å². The van der Waals surface area contributed by atoms with Gasteiger partial charge in [-0.25, -0.2) is 5.32 Å². The second-order valence-corrected chi connectivity index (χ2v) is 2.18. The Labute approximate surface area is 52.5 Å². The molecule has 8 heavy (non-hydrogen) atoms. The van der Waals surface area contributed by atoms with Gasteiger partial charge >= 0.3 is 0 Å². The lowest BCUT2D eigenvalue weighted by Gasteiger charge is -2.08. The molecule has 0 bridgehead atoms. The highest BCUT2D eigenvalue weighted by Crippen LogP contribution is 2.04. The SMILES string of the molecule is CCC(CC)C[N]C. The standard InChI is InChI=1S/C7H16N/c1-4-7(5-2)6-8-3/h7H,4-6H2,1-3H3. The third-order valence-corrected chi connectivity index (χ3v) is 1.60. The fourth-order valence-electron chi connectivity index (χ4n) is 0.805. The largest absolute Gasteiger partial charge is 0.245 e. The zero-order valence-corrected chi connectivity index (χ0v) is 6.15. The Morgan fingerprint density at radius 3 is 1.88 bits per heavy atom. The maximum atomic E-state index is 4.08. The number of nitrogens with zero attached hydrogens (tertiary/aromatic N) is 1. The topological polar surface area (TPSA) is 14.1 Å². The average molecular weight is 114 g/mol. The Kier molecular flexibility index (Phi) is 5.08.